The van der Waals surface area contributed by atoms with Gasteiger partial charge in [0, 0.05) is 17.1 Å². The molecule has 0 amide bonds. The molecule has 0 aliphatic heterocycles. The molecule has 2 heteroatoms. The van der Waals surface area contributed by atoms with Gasteiger partial charge in [0.1, 0.15) is 5.82 Å². The number of aryl methyl sites for hydroxylation is 1. The van der Waals surface area contributed by atoms with Crippen LogP contribution in [-0.2, 0) is 6.42 Å². The van der Waals surface area contributed by atoms with Crippen molar-refractivity contribution >= 4 is 10.9 Å². The average Bonchev–Trinajstić information content (AvgIpc) is 2.87. The average molecular weight is 281 g/mol. The fourth-order valence-electron chi connectivity index (χ4n) is 3.12. The summed E-state index contributed by atoms with van der Waals surface area (Å²) in [7, 11) is 0. The van der Waals surface area contributed by atoms with E-state index in [2.05, 4.69) is 48.9 Å². The van der Waals surface area contributed by atoms with Crippen LogP contribution < -0.4 is 0 Å². The van der Waals surface area contributed by atoms with E-state index in [1.807, 2.05) is 6.07 Å². The molecule has 0 saturated carbocycles. The zero-order chi connectivity index (χ0) is 14.8. The van der Waals surface area contributed by atoms with E-state index < -0.39 is 0 Å². The lowest BCUT2D eigenvalue weighted by Gasteiger charge is -2.19. The van der Waals surface area contributed by atoms with Crippen molar-refractivity contribution in [1.82, 2.24) is 4.57 Å². The van der Waals surface area contributed by atoms with E-state index in [-0.39, 0.29) is 11.9 Å². The first-order chi connectivity index (χ1) is 10.2. The quantitative estimate of drug-likeness (QED) is 0.608. The fourth-order valence-corrected chi connectivity index (χ4v) is 3.12. The number of para-hydroxylation sites is 1. The smallest absolute Gasteiger partial charge is 0.123 e. The van der Waals surface area contributed by atoms with Crippen LogP contribution in [0, 0.1) is 5.82 Å². The summed E-state index contributed by atoms with van der Waals surface area (Å²) in [4.78, 5) is 0. The summed E-state index contributed by atoms with van der Waals surface area (Å²) < 4.78 is 15.9. The fraction of sp³-hybridized carbons (Fsp3) is 0.263. The van der Waals surface area contributed by atoms with Gasteiger partial charge in [0.15, 0.2) is 0 Å². The van der Waals surface area contributed by atoms with Crippen molar-refractivity contribution in [2.24, 2.45) is 0 Å². The maximum absolute atomic E-state index is 13.6. The Hall–Kier alpha value is -2.09. The Morgan fingerprint density at radius 3 is 2.57 bits per heavy atom. The molecule has 0 aliphatic carbocycles. The highest BCUT2D eigenvalue weighted by Crippen LogP contribution is 2.30. The molecule has 1 heterocycles. The Bertz CT molecular complexity index is 757. The molecule has 3 aromatic rings. The molecule has 2 aromatic carbocycles. The number of rotatable bonds is 4. The highest BCUT2D eigenvalue weighted by atomic mass is 19.1. The predicted molar refractivity (Wildman–Crippen MR) is 86.1 cm³/mol. The molecule has 1 aromatic heterocycles. The molecule has 0 radical (unpaired) electrons. The van der Waals surface area contributed by atoms with Crippen LogP contribution in [0.3, 0.4) is 0 Å². The Labute approximate surface area is 125 Å². The van der Waals surface area contributed by atoms with Crippen LogP contribution >= 0.6 is 0 Å². The van der Waals surface area contributed by atoms with Crippen LogP contribution in [0.1, 0.15) is 37.4 Å². The molecule has 21 heavy (non-hydrogen) atoms. The minimum Gasteiger partial charge on any atom is -0.340 e. The lowest BCUT2D eigenvalue weighted by Crippen LogP contribution is -2.08. The molecule has 1 unspecified atom stereocenters. The van der Waals surface area contributed by atoms with Crippen molar-refractivity contribution < 1.29 is 4.39 Å². The van der Waals surface area contributed by atoms with Crippen molar-refractivity contribution in [3.63, 3.8) is 0 Å². The summed E-state index contributed by atoms with van der Waals surface area (Å²) in [5.74, 6) is -0.168. The second kappa shape index (κ2) is 5.72. The van der Waals surface area contributed by atoms with Gasteiger partial charge in [-0.1, -0.05) is 44.2 Å². The number of hydrogen-bond donors (Lipinski definition) is 0. The molecular formula is C19H20FN. The first-order valence-electron chi connectivity index (χ1n) is 7.58. The van der Waals surface area contributed by atoms with E-state index in [9.17, 15) is 4.39 Å². The molecule has 1 nitrogen and oxygen atoms in total. The maximum Gasteiger partial charge on any atom is 0.123 e. The third-order valence-corrected chi connectivity index (χ3v) is 4.16. The lowest BCUT2D eigenvalue weighted by molar-refractivity contribution is 0.571. The molecule has 0 bridgehead atoms. The molecule has 0 spiro atoms. The van der Waals surface area contributed by atoms with Gasteiger partial charge in [0.25, 0.3) is 0 Å². The van der Waals surface area contributed by atoms with Crippen LogP contribution in [0.15, 0.2) is 54.7 Å². The van der Waals surface area contributed by atoms with Gasteiger partial charge in [-0.15, -0.1) is 0 Å². The third kappa shape index (κ3) is 2.46. The number of benzene rings is 2. The van der Waals surface area contributed by atoms with E-state index in [1.165, 1.54) is 22.5 Å². The largest absolute Gasteiger partial charge is 0.340 e. The molecule has 0 aliphatic rings. The van der Waals surface area contributed by atoms with E-state index in [4.69, 9.17) is 0 Å². The Balaban J connectivity index is 2.17. The van der Waals surface area contributed by atoms with Gasteiger partial charge in [-0.2, -0.15) is 0 Å². The summed E-state index contributed by atoms with van der Waals surface area (Å²) in [6, 6.07) is 15.6. The summed E-state index contributed by atoms with van der Waals surface area (Å²) >= 11 is 0. The summed E-state index contributed by atoms with van der Waals surface area (Å²) in [6.45, 7) is 4.32. The topological polar surface area (TPSA) is 4.93 Å². The van der Waals surface area contributed by atoms with Crippen LogP contribution in [-0.4, -0.2) is 4.57 Å². The first-order valence-corrected chi connectivity index (χ1v) is 7.58. The van der Waals surface area contributed by atoms with Gasteiger partial charge >= 0.3 is 0 Å². The number of aromatic nitrogens is 1. The van der Waals surface area contributed by atoms with Crippen LogP contribution in [0.4, 0.5) is 4.39 Å². The van der Waals surface area contributed by atoms with E-state index in [0.29, 0.717) is 0 Å². The number of fused-ring (bicyclic) bond motifs is 1. The Kier molecular flexibility index (Phi) is 3.78. The van der Waals surface area contributed by atoms with E-state index >= 15 is 0 Å². The third-order valence-electron chi connectivity index (χ3n) is 4.16. The van der Waals surface area contributed by atoms with Gasteiger partial charge in [-0.25, -0.2) is 4.39 Å². The second-order valence-electron chi connectivity index (χ2n) is 5.41. The standard InChI is InChI=1S/C19H20FN/c1-3-14-13-21(19-11-6-5-10-17(14)19)18(4-2)15-8-7-9-16(20)12-15/h5-13,18H,3-4H2,1-2H3. The van der Waals surface area contributed by atoms with Crippen LogP contribution in [0.25, 0.3) is 10.9 Å². The number of hydrogen-bond acceptors (Lipinski definition) is 0. The van der Waals surface area contributed by atoms with Crippen LogP contribution in [0.2, 0.25) is 0 Å². The second-order valence-corrected chi connectivity index (χ2v) is 5.41. The minimum absolute atomic E-state index is 0.168. The van der Waals surface area contributed by atoms with Crippen molar-refractivity contribution in [2.45, 2.75) is 32.7 Å². The lowest BCUT2D eigenvalue weighted by atomic mass is 10.0. The number of nitrogens with zero attached hydrogens (tertiary/aromatic N) is 1. The predicted octanol–water partition coefficient (Wildman–Crippen LogP) is 5.34. The van der Waals surface area contributed by atoms with Crippen LogP contribution in [0.5, 0.6) is 0 Å². The molecular weight excluding hydrogens is 261 g/mol. The van der Waals surface area contributed by atoms with E-state index in [1.54, 1.807) is 12.1 Å². The van der Waals surface area contributed by atoms with Gasteiger partial charge in [0.05, 0.1) is 6.04 Å². The van der Waals surface area contributed by atoms with Gasteiger partial charge < -0.3 is 4.57 Å². The SMILES string of the molecule is CCc1cn(C(CC)c2cccc(F)c2)c2ccccc12. The summed E-state index contributed by atoms with van der Waals surface area (Å²) in [6.07, 6.45) is 4.17. The molecule has 0 fully saturated rings. The van der Waals surface area contributed by atoms with E-state index in [0.717, 1.165) is 18.4 Å². The van der Waals surface area contributed by atoms with Crippen molar-refractivity contribution in [2.75, 3.05) is 0 Å². The first kappa shape index (κ1) is 13.9. The minimum atomic E-state index is -0.168. The summed E-state index contributed by atoms with van der Waals surface area (Å²) in [5, 5.41) is 1.30. The molecule has 0 N–H and O–H groups in total. The zero-order valence-corrected chi connectivity index (χ0v) is 12.5. The molecule has 3 rings (SSSR count). The van der Waals surface area contributed by atoms with Gasteiger partial charge in [-0.3, -0.25) is 0 Å². The van der Waals surface area contributed by atoms with Crippen molar-refractivity contribution in [3.8, 4) is 0 Å². The highest BCUT2D eigenvalue weighted by molar-refractivity contribution is 5.84. The van der Waals surface area contributed by atoms with Crippen molar-refractivity contribution in [3.05, 3.63) is 71.7 Å². The molecule has 1 atom stereocenters. The van der Waals surface area contributed by atoms with Gasteiger partial charge in [0.2, 0.25) is 0 Å². The Morgan fingerprint density at radius 1 is 1.05 bits per heavy atom. The molecule has 0 saturated heterocycles. The van der Waals surface area contributed by atoms with Crippen molar-refractivity contribution in [1.29, 1.82) is 0 Å². The summed E-state index contributed by atoms with van der Waals surface area (Å²) in [5.41, 5.74) is 3.60. The molecule has 108 valence electrons. The normalized spacial score (nSPS) is 12.7. The highest BCUT2D eigenvalue weighted by Gasteiger charge is 2.16. The van der Waals surface area contributed by atoms with Gasteiger partial charge in [-0.05, 0) is 42.2 Å². The Morgan fingerprint density at radius 2 is 1.86 bits per heavy atom. The monoisotopic (exact) mass is 281 g/mol. The number of halogens is 1. The maximum atomic E-state index is 13.6. The zero-order valence-electron chi connectivity index (χ0n) is 12.5.